The summed E-state index contributed by atoms with van der Waals surface area (Å²) in [5, 5.41) is 0. The van der Waals surface area contributed by atoms with Crippen molar-refractivity contribution >= 4 is 11.0 Å². The first-order chi connectivity index (χ1) is 9.27. The topological polar surface area (TPSA) is 54.7 Å². The van der Waals surface area contributed by atoms with Gasteiger partial charge in [0.05, 0.1) is 11.0 Å². The number of nitrogens with two attached hydrogens (primary N) is 1. The summed E-state index contributed by atoms with van der Waals surface area (Å²) in [6.07, 6.45) is 7.21. The Morgan fingerprint density at radius 1 is 1.32 bits per heavy atom. The third kappa shape index (κ3) is 2.16. The highest BCUT2D eigenvalue weighted by Crippen LogP contribution is 2.40. The van der Waals surface area contributed by atoms with Crippen LogP contribution in [-0.2, 0) is 11.8 Å². The van der Waals surface area contributed by atoms with Crippen molar-refractivity contribution in [2.24, 2.45) is 5.73 Å². The molecule has 19 heavy (non-hydrogen) atoms. The van der Waals surface area contributed by atoms with Crippen LogP contribution in [0, 0.1) is 0 Å². The highest BCUT2D eigenvalue weighted by Gasteiger charge is 2.34. The maximum absolute atomic E-state index is 6.07. The van der Waals surface area contributed by atoms with Crippen LogP contribution in [0.1, 0.15) is 50.4 Å². The number of hydrogen-bond acceptors (Lipinski definition) is 2. The van der Waals surface area contributed by atoms with E-state index in [-0.39, 0.29) is 5.41 Å². The van der Waals surface area contributed by atoms with E-state index in [4.69, 9.17) is 5.73 Å². The molecule has 3 N–H and O–H groups in total. The molecule has 1 aromatic carbocycles. The third-order valence-electron chi connectivity index (χ3n) is 4.58. The lowest BCUT2D eigenvalue weighted by molar-refractivity contribution is 0.453. The highest BCUT2D eigenvalue weighted by molar-refractivity contribution is 5.76. The Bertz CT molecular complexity index is 564. The van der Waals surface area contributed by atoms with E-state index in [9.17, 15) is 0 Å². The van der Waals surface area contributed by atoms with Crippen LogP contribution < -0.4 is 5.73 Å². The zero-order valence-corrected chi connectivity index (χ0v) is 11.7. The zero-order chi connectivity index (χ0) is 13.3. The van der Waals surface area contributed by atoms with Crippen molar-refractivity contribution in [1.82, 2.24) is 9.97 Å². The van der Waals surface area contributed by atoms with E-state index in [0.29, 0.717) is 0 Å². The standard InChI is InChI=1S/C16H23N3/c1-2-5-15-18-13-7-6-12(10-14(13)19-15)16(11-17)8-3-4-9-16/h6-7,10H,2-5,8-9,11,17H2,1H3,(H,18,19). The molecule has 0 amide bonds. The molecular weight excluding hydrogens is 234 g/mol. The zero-order valence-electron chi connectivity index (χ0n) is 11.7. The van der Waals surface area contributed by atoms with Crippen molar-refractivity contribution in [3.63, 3.8) is 0 Å². The van der Waals surface area contributed by atoms with Gasteiger partial charge in [-0.3, -0.25) is 0 Å². The predicted molar refractivity (Wildman–Crippen MR) is 79.3 cm³/mol. The Morgan fingerprint density at radius 2 is 2.11 bits per heavy atom. The number of aromatic nitrogens is 2. The molecule has 102 valence electrons. The first kappa shape index (κ1) is 12.7. The number of aromatic amines is 1. The van der Waals surface area contributed by atoms with E-state index in [0.717, 1.165) is 30.7 Å². The molecule has 1 fully saturated rings. The van der Waals surface area contributed by atoms with Gasteiger partial charge in [-0.15, -0.1) is 0 Å². The van der Waals surface area contributed by atoms with Gasteiger partial charge in [-0.25, -0.2) is 4.98 Å². The van der Waals surface area contributed by atoms with Crippen molar-refractivity contribution in [3.05, 3.63) is 29.6 Å². The van der Waals surface area contributed by atoms with Gasteiger partial charge in [0, 0.05) is 18.4 Å². The number of benzene rings is 1. The summed E-state index contributed by atoms with van der Waals surface area (Å²) in [7, 11) is 0. The molecule has 0 bridgehead atoms. The number of nitrogens with one attached hydrogen (secondary N) is 1. The van der Waals surface area contributed by atoms with E-state index < -0.39 is 0 Å². The summed E-state index contributed by atoms with van der Waals surface area (Å²) in [6.45, 7) is 2.94. The second kappa shape index (κ2) is 4.97. The average molecular weight is 257 g/mol. The number of nitrogens with zero attached hydrogens (tertiary/aromatic N) is 1. The van der Waals surface area contributed by atoms with Crippen LogP contribution in [0.2, 0.25) is 0 Å². The monoisotopic (exact) mass is 257 g/mol. The van der Waals surface area contributed by atoms with Gasteiger partial charge in [-0.1, -0.05) is 25.8 Å². The average Bonchev–Trinajstić information content (AvgIpc) is 3.05. The van der Waals surface area contributed by atoms with Gasteiger partial charge in [0.15, 0.2) is 0 Å². The van der Waals surface area contributed by atoms with Crippen LogP contribution >= 0.6 is 0 Å². The molecule has 2 aromatic rings. The Balaban J connectivity index is 2.00. The Kier molecular flexibility index (Phi) is 3.31. The van der Waals surface area contributed by atoms with Crippen molar-refractivity contribution in [2.45, 2.75) is 50.9 Å². The summed E-state index contributed by atoms with van der Waals surface area (Å²) in [6, 6.07) is 6.66. The molecule has 1 aliphatic rings. The molecule has 1 heterocycles. The number of H-pyrrole nitrogens is 1. The number of hydrogen-bond donors (Lipinski definition) is 2. The van der Waals surface area contributed by atoms with Gasteiger partial charge in [-0.05, 0) is 37.0 Å². The van der Waals surface area contributed by atoms with E-state index in [1.54, 1.807) is 0 Å². The van der Waals surface area contributed by atoms with Crippen LogP contribution in [0.5, 0.6) is 0 Å². The van der Waals surface area contributed by atoms with Gasteiger partial charge in [0.25, 0.3) is 0 Å². The van der Waals surface area contributed by atoms with Gasteiger partial charge >= 0.3 is 0 Å². The van der Waals surface area contributed by atoms with Crippen LogP contribution in [0.25, 0.3) is 11.0 Å². The quantitative estimate of drug-likeness (QED) is 0.883. The first-order valence-electron chi connectivity index (χ1n) is 7.46. The molecule has 3 nitrogen and oxygen atoms in total. The normalized spacial score (nSPS) is 18.2. The van der Waals surface area contributed by atoms with E-state index in [1.165, 1.54) is 36.8 Å². The molecule has 0 atom stereocenters. The SMILES string of the molecule is CCCc1nc2ccc(C3(CN)CCCC3)cc2[nH]1. The second-order valence-corrected chi connectivity index (χ2v) is 5.86. The lowest BCUT2D eigenvalue weighted by atomic mass is 9.79. The Labute approximate surface area is 114 Å². The summed E-state index contributed by atoms with van der Waals surface area (Å²) >= 11 is 0. The summed E-state index contributed by atoms with van der Waals surface area (Å²) in [5.74, 6) is 1.10. The first-order valence-corrected chi connectivity index (χ1v) is 7.46. The van der Waals surface area contributed by atoms with Crippen LogP contribution in [0.4, 0.5) is 0 Å². The van der Waals surface area contributed by atoms with E-state index in [2.05, 4.69) is 35.1 Å². The largest absolute Gasteiger partial charge is 0.342 e. The molecular formula is C16H23N3. The summed E-state index contributed by atoms with van der Waals surface area (Å²) in [5.41, 5.74) is 9.93. The van der Waals surface area contributed by atoms with Crippen molar-refractivity contribution < 1.29 is 0 Å². The van der Waals surface area contributed by atoms with E-state index >= 15 is 0 Å². The lowest BCUT2D eigenvalue weighted by Gasteiger charge is -2.27. The lowest BCUT2D eigenvalue weighted by Crippen LogP contribution is -2.31. The fourth-order valence-electron chi connectivity index (χ4n) is 3.41. The van der Waals surface area contributed by atoms with Crippen molar-refractivity contribution in [2.75, 3.05) is 6.54 Å². The van der Waals surface area contributed by atoms with Crippen LogP contribution in [-0.4, -0.2) is 16.5 Å². The summed E-state index contributed by atoms with van der Waals surface area (Å²) in [4.78, 5) is 8.08. The molecule has 3 heteroatoms. The number of fused-ring (bicyclic) bond motifs is 1. The maximum Gasteiger partial charge on any atom is 0.107 e. The minimum absolute atomic E-state index is 0.213. The fraction of sp³-hybridized carbons (Fsp3) is 0.562. The molecule has 0 saturated heterocycles. The van der Waals surface area contributed by atoms with Crippen LogP contribution in [0.15, 0.2) is 18.2 Å². The molecule has 1 aliphatic carbocycles. The van der Waals surface area contributed by atoms with Gasteiger partial charge < -0.3 is 10.7 Å². The highest BCUT2D eigenvalue weighted by atomic mass is 14.9. The van der Waals surface area contributed by atoms with Crippen LogP contribution in [0.3, 0.4) is 0 Å². The number of rotatable bonds is 4. The number of aryl methyl sites for hydroxylation is 1. The second-order valence-electron chi connectivity index (χ2n) is 5.86. The minimum atomic E-state index is 0.213. The molecule has 0 radical (unpaired) electrons. The fourth-order valence-corrected chi connectivity index (χ4v) is 3.41. The van der Waals surface area contributed by atoms with Gasteiger partial charge in [0.1, 0.15) is 5.82 Å². The predicted octanol–water partition coefficient (Wildman–Crippen LogP) is 3.29. The Morgan fingerprint density at radius 3 is 2.79 bits per heavy atom. The minimum Gasteiger partial charge on any atom is -0.342 e. The number of imidazole rings is 1. The maximum atomic E-state index is 6.07. The molecule has 0 spiro atoms. The van der Waals surface area contributed by atoms with Crippen molar-refractivity contribution in [3.8, 4) is 0 Å². The van der Waals surface area contributed by atoms with Gasteiger partial charge in [-0.2, -0.15) is 0 Å². The van der Waals surface area contributed by atoms with E-state index in [1.807, 2.05) is 0 Å². The summed E-state index contributed by atoms with van der Waals surface area (Å²) < 4.78 is 0. The molecule has 0 aliphatic heterocycles. The third-order valence-corrected chi connectivity index (χ3v) is 4.58. The Hall–Kier alpha value is -1.35. The molecule has 1 saturated carbocycles. The van der Waals surface area contributed by atoms with Crippen molar-refractivity contribution in [1.29, 1.82) is 0 Å². The smallest absolute Gasteiger partial charge is 0.107 e. The molecule has 1 aromatic heterocycles. The van der Waals surface area contributed by atoms with Gasteiger partial charge in [0.2, 0.25) is 0 Å². The molecule has 3 rings (SSSR count). The molecule has 0 unspecified atom stereocenters.